The Hall–Kier alpha value is -1.95. The van der Waals surface area contributed by atoms with Crippen LogP contribution in [0.4, 0.5) is 5.13 Å². The van der Waals surface area contributed by atoms with E-state index < -0.39 is 0 Å². The van der Waals surface area contributed by atoms with Gasteiger partial charge in [0.25, 0.3) is 0 Å². The Labute approximate surface area is 190 Å². The number of amides is 1. The summed E-state index contributed by atoms with van der Waals surface area (Å²) in [6, 6.07) is 16.6. The van der Waals surface area contributed by atoms with E-state index in [1.54, 1.807) is 11.3 Å². The maximum Gasteiger partial charge on any atom is 0.229 e. The molecule has 0 aliphatic heterocycles. The maximum absolute atomic E-state index is 13.2. The summed E-state index contributed by atoms with van der Waals surface area (Å²) in [4.78, 5) is 22.2. The molecule has 0 aliphatic rings. The third-order valence-electron chi connectivity index (χ3n) is 5.39. The number of rotatable bonds is 10. The predicted octanol–water partition coefficient (Wildman–Crippen LogP) is 5.59. The lowest BCUT2D eigenvalue weighted by Crippen LogP contribution is -2.39. The van der Waals surface area contributed by atoms with Crippen LogP contribution in [0.3, 0.4) is 0 Å². The van der Waals surface area contributed by atoms with Crippen LogP contribution in [0, 0.1) is 0 Å². The van der Waals surface area contributed by atoms with Crippen molar-refractivity contribution in [2.75, 3.05) is 31.1 Å². The molecule has 0 radical (unpaired) electrons. The first-order valence-electron chi connectivity index (χ1n) is 10.6. The fourth-order valence-corrected chi connectivity index (χ4v) is 4.50. The SMILES string of the molecule is CCc1ccc2nc(N(CCN(CC)CC)C(=O)CCc3ccccc3)sc2c1.Cl. The summed E-state index contributed by atoms with van der Waals surface area (Å²) in [5.41, 5.74) is 3.48. The fraction of sp³-hybridized carbons (Fsp3) is 0.417. The number of aromatic nitrogens is 1. The molecule has 0 atom stereocenters. The smallest absolute Gasteiger partial charge is 0.229 e. The Balaban J connectivity index is 0.00000320. The molecule has 162 valence electrons. The predicted molar refractivity (Wildman–Crippen MR) is 131 cm³/mol. The van der Waals surface area contributed by atoms with Gasteiger partial charge >= 0.3 is 0 Å². The lowest BCUT2D eigenvalue weighted by atomic mass is 10.1. The number of carbonyl (C=O) groups is 1. The van der Waals surface area contributed by atoms with Gasteiger partial charge in [-0.15, -0.1) is 12.4 Å². The van der Waals surface area contributed by atoms with Crippen molar-refractivity contribution in [3.8, 4) is 0 Å². The van der Waals surface area contributed by atoms with Crippen molar-refractivity contribution < 1.29 is 4.79 Å². The van der Waals surface area contributed by atoms with E-state index >= 15 is 0 Å². The van der Waals surface area contributed by atoms with Gasteiger partial charge < -0.3 is 4.90 Å². The molecule has 3 aromatic rings. The topological polar surface area (TPSA) is 36.4 Å². The number of hydrogen-bond acceptors (Lipinski definition) is 4. The highest BCUT2D eigenvalue weighted by atomic mass is 35.5. The van der Waals surface area contributed by atoms with Crippen LogP contribution in [0.5, 0.6) is 0 Å². The minimum atomic E-state index is 0. The van der Waals surface area contributed by atoms with Crippen LogP contribution >= 0.6 is 23.7 Å². The van der Waals surface area contributed by atoms with Crippen molar-refractivity contribution in [3.63, 3.8) is 0 Å². The molecule has 0 unspecified atom stereocenters. The number of likely N-dealkylation sites (N-methyl/N-ethyl adjacent to an activating group) is 1. The quantitative estimate of drug-likeness (QED) is 0.408. The monoisotopic (exact) mass is 445 g/mol. The molecule has 1 aromatic heterocycles. The van der Waals surface area contributed by atoms with Gasteiger partial charge in [-0.3, -0.25) is 9.69 Å². The zero-order valence-corrected chi connectivity index (χ0v) is 19.8. The number of hydrogen-bond donors (Lipinski definition) is 0. The largest absolute Gasteiger partial charge is 0.302 e. The summed E-state index contributed by atoms with van der Waals surface area (Å²) in [5.74, 6) is 0.149. The minimum absolute atomic E-state index is 0. The highest BCUT2D eigenvalue weighted by Gasteiger charge is 2.20. The van der Waals surface area contributed by atoms with Gasteiger partial charge in [-0.05, 0) is 49.2 Å². The first kappa shape index (κ1) is 24.3. The number of carbonyl (C=O) groups excluding carboxylic acids is 1. The first-order valence-corrected chi connectivity index (χ1v) is 11.4. The summed E-state index contributed by atoms with van der Waals surface area (Å²) in [5, 5.41) is 0.818. The minimum Gasteiger partial charge on any atom is -0.302 e. The Morgan fingerprint density at radius 3 is 2.37 bits per heavy atom. The molecule has 0 aliphatic carbocycles. The standard InChI is InChI=1S/C24H31N3OS.ClH/c1-4-19-12-14-21-22(18-19)29-24(25-21)27(17-16-26(5-2)6-3)23(28)15-13-20-10-8-7-9-11-20;/h7-12,14,18H,4-6,13,15-17H2,1-3H3;1H. The van der Waals surface area contributed by atoms with Crippen LogP contribution in [-0.4, -0.2) is 42.0 Å². The second-order valence-corrected chi connectivity index (χ2v) is 8.22. The molecule has 1 heterocycles. The van der Waals surface area contributed by atoms with E-state index in [2.05, 4.69) is 56.0 Å². The third kappa shape index (κ3) is 6.27. The number of anilines is 1. The van der Waals surface area contributed by atoms with Crippen molar-refractivity contribution >= 4 is 45.0 Å². The molecule has 4 nitrogen and oxygen atoms in total. The van der Waals surface area contributed by atoms with Gasteiger partial charge in [0.2, 0.25) is 5.91 Å². The van der Waals surface area contributed by atoms with Gasteiger partial charge in [-0.1, -0.05) is 68.5 Å². The third-order valence-corrected chi connectivity index (χ3v) is 6.43. The van der Waals surface area contributed by atoms with Crippen molar-refractivity contribution in [2.24, 2.45) is 0 Å². The Morgan fingerprint density at radius 2 is 1.70 bits per heavy atom. The maximum atomic E-state index is 13.2. The molecule has 0 N–H and O–H groups in total. The van der Waals surface area contributed by atoms with Gasteiger partial charge in [0.05, 0.1) is 10.2 Å². The van der Waals surface area contributed by atoms with E-state index in [0.29, 0.717) is 13.0 Å². The van der Waals surface area contributed by atoms with Crippen molar-refractivity contribution in [1.29, 1.82) is 0 Å². The number of nitrogens with zero attached hydrogens (tertiary/aromatic N) is 3. The second kappa shape index (κ2) is 12.0. The van der Waals surface area contributed by atoms with Crippen LogP contribution in [0.2, 0.25) is 0 Å². The van der Waals surface area contributed by atoms with Gasteiger partial charge in [0, 0.05) is 19.5 Å². The fourth-order valence-electron chi connectivity index (χ4n) is 3.43. The van der Waals surface area contributed by atoms with E-state index in [0.717, 1.165) is 47.8 Å². The summed E-state index contributed by atoms with van der Waals surface area (Å²) < 4.78 is 1.16. The number of benzene rings is 2. The molecular weight excluding hydrogens is 414 g/mol. The average Bonchev–Trinajstić information content (AvgIpc) is 3.18. The molecule has 3 rings (SSSR count). The highest BCUT2D eigenvalue weighted by Crippen LogP contribution is 2.30. The van der Waals surface area contributed by atoms with Crippen molar-refractivity contribution in [3.05, 3.63) is 59.7 Å². The molecule has 0 fully saturated rings. The van der Waals surface area contributed by atoms with E-state index in [1.807, 2.05) is 23.1 Å². The summed E-state index contributed by atoms with van der Waals surface area (Å²) in [6.45, 7) is 10.00. The van der Waals surface area contributed by atoms with E-state index in [4.69, 9.17) is 4.98 Å². The van der Waals surface area contributed by atoms with Gasteiger partial charge in [0.15, 0.2) is 5.13 Å². The van der Waals surface area contributed by atoms with Crippen LogP contribution < -0.4 is 4.90 Å². The van der Waals surface area contributed by atoms with Crippen molar-refractivity contribution in [1.82, 2.24) is 9.88 Å². The lowest BCUT2D eigenvalue weighted by Gasteiger charge is -2.24. The Kier molecular flexibility index (Phi) is 9.76. The number of aryl methyl sites for hydroxylation is 2. The van der Waals surface area contributed by atoms with Crippen LogP contribution in [0.1, 0.15) is 38.3 Å². The van der Waals surface area contributed by atoms with E-state index in [9.17, 15) is 4.79 Å². The molecule has 2 aromatic carbocycles. The summed E-state index contributed by atoms with van der Waals surface area (Å²) in [7, 11) is 0. The summed E-state index contributed by atoms with van der Waals surface area (Å²) >= 11 is 1.63. The second-order valence-electron chi connectivity index (χ2n) is 7.21. The van der Waals surface area contributed by atoms with Gasteiger partial charge in [-0.2, -0.15) is 0 Å². The van der Waals surface area contributed by atoms with Crippen LogP contribution in [-0.2, 0) is 17.6 Å². The number of halogens is 1. The molecule has 30 heavy (non-hydrogen) atoms. The number of fused-ring (bicyclic) bond motifs is 1. The molecule has 0 spiro atoms. The number of thiazole rings is 1. The Bertz CT molecular complexity index is 925. The highest BCUT2D eigenvalue weighted by molar-refractivity contribution is 7.22. The zero-order valence-electron chi connectivity index (χ0n) is 18.1. The molecule has 0 saturated carbocycles. The van der Waals surface area contributed by atoms with Gasteiger partial charge in [-0.25, -0.2) is 4.98 Å². The van der Waals surface area contributed by atoms with Gasteiger partial charge in [0.1, 0.15) is 0 Å². The van der Waals surface area contributed by atoms with Crippen LogP contribution in [0.15, 0.2) is 48.5 Å². The van der Waals surface area contributed by atoms with E-state index in [1.165, 1.54) is 11.1 Å². The normalized spacial score (nSPS) is 10.9. The first-order chi connectivity index (χ1) is 14.1. The Morgan fingerprint density at radius 1 is 0.967 bits per heavy atom. The zero-order chi connectivity index (χ0) is 20.6. The molecule has 0 saturated heterocycles. The molecular formula is C24H32ClN3OS. The van der Waals surface area contributed by atoms with E-state index in [-0.39, 0.29) is 18.3 Å². The average molecular weight is 446 g/mol. The molecule has 1 amide bonds. The summed E-state index contributed by atoms with van der Waals surface area (Å²) in [6.07, 6.45) is 2.26. The van der Waals surface area contributed by atoms with Crippen LogP contribution in [0.25, 0.3) is 10.2 Å². The molecule has 0 bridgehead atoms. The lowest BCUT2D eigenvalue weighted by molar-refractivity contribution is -0.118. The van der Waals surface area contributed by atoms with Crippen molar-refractivity contribution in [2.45, 2.75) is 40.0 Å². The molecule has 6 heteroatoms.